The SMILES string of the molecule is CCCCCOc1ccc([C@]2(c3ccccc3)NC(=O)NC2=O)cc1. The quantitative estimate of drug-likeness (QED) is 0.601. The van der Waals surface area contributed by atoms with Gasteiger partial charge in [-0.2, -0.15) is 0 Å². The van der Waals surface area contributed by atoms with Gasteiger partial charge in [-0.15, -0.1) is 0 Å². The number of hydrogen-bond donors (Lipinski definition) is 2. The highest BCUT2D eigenvalue weighted by atomic mass is 16.5. The molecule has 2 aromatic carbocycles. The predicted molar refractivity (Wildman–Crippen MR) is 95.4 cm³/mol. The van der Waals surface area contributed by atoms with Crippen LogP contribution in [-0.4, -0.2) is 18.5 Å². The summed E-state index contributed by atoms with van der Waals surface area (Å²) < 4.78 is 5.72. The maximum absolute atomic E-state index is 12.6. The molecule has 0 spiro atoms. The number of rotatable bonds is 7. The molecule has 1 saturated heterocycles. The number of benzene rings is 2. The molecule has 5 heteroatoms. The van der Waals surface area contributed by atoms with Gasteiger partial charge in [0.05, 0.1) is 6.61 Å². The lowest BCUT2D eigenvalue weighted by molar-refractivity contribution is -0.122. The van der Waals surface area contributed by atoms with Crippen molar-refractivity contribution in [3.63, 3.8) is 0 Å². The van der Waals surface area contributed by atoms with Crippen LogP contribution in [0.15, 0.2) is 54.6 Å². The van der Waals surface area contributed by atoms with E-state index in [0.717, 1.165) is 30.6 Å². The van der Waals surface area contributed by atoms with Crippen molar-refractivity contribution in [1.29, 1.82) is 0 Å². The van der Waals surface area contributed by atoms with E-state index in [1.807, 2.05) is 54.6 Å². The van der Waals surface area contributed by atoms with E-state index in [1.165, 1.54) is 0 Å². The lowest BCUT2D eigenvalue weighted by Crippen LogP contribution is -2.44. The highest BCUT2D eigenvalue weighted by Crippen LogP contribution is 2.33. The van der Waals surface area contributed by atoms with Crippen LogP contribution in [-0.2, 0) is 10.3 Å². The third-order valence-corrected chi connectivity index (χ3v) is 4.38. The van der Waals surface area contributed by atoms with Gasteiger partial charge in [0, 0.05) is 0 Å². The number of unbranched alkanes of at least 4 members (excludes halogenated alkanes) is 2. The minimum Gasteiger partial charge on any atom is -0.494 e. The fraction of sp³-hybridized carbons (Fsp3) is 0.300. The van der Waals surface area contributed by atoms with Crippen LogP contribution in [0, 0.1) is 0 Å². The van der Waals surface area contributed by atoms with Gasteiger partial charge in [-0.25, -0.2) is 4.79 Å². The summed E-state index contributed by atoms with van der Waals surface area (Å²) in [5.74, 6) is 0.383. The summed E-state index contributed by atoms with van der Waals surface area (Å²) in [5, 5.41) is 5.14. The van der Waals surface area contributed by atoms with E-state index in [0.29, 0.717) is 12.2 Å². The minimum absolute atomic E-state index is 0.375. The van der Waals surface area contributed by atoms with Gasteiger partial charge in [0.1, 0.15) is 5.75 Å². The molecule has 25 heavy (non-hydrogen) atoms. The second kappa shape index (κ2) is 7.38. The Bertz CT molecular complexity index is 743. The number of nitrogens with one attached hydrogen (secondary N) is 2. The van der Waals surface area contributed by atoms with Gasteiger partial charge in [-0.05, 0) is 29.7 Å². The smallest absolute Gasteiger partial charge is 0.322 e. The molecule has 130 valence electrons. The number of hydrogen-bond acceptors (Lipinski definition) is 3. The average Bonchev–Trinajstić information content (AvgIpc) is 2.95. The summed E-state index contributed by atoms with van der Waals surface area (Å²) in [4.78, 5) is 24.4. The summed E-state index contributed by atoms with van der Waals surface area (Å²) in [6.07, 6.45) is 3.31. The van der Waals surface area contributed by atoms with Gasteiger partial charge in [-0.1, -0.05) is 62.2 Å². The summed E-state index contributed by atoms with van der Waals surface area (Å²) in [6, 6.07) is 16.1. The highest BCUT2D eigenvalue weighted by molar-refractivity contribution is 6.09. The molecule has 1 heterocycles. The molecule has 3 amide bonds. The van der Waals surface area contributed by atoms with Crippen LogP contribution in [0.1, 0.15) is 37.3 Å². The fourth-order valence-electron chi connectivity index (χ4n) is 3.06. The van der Waals surface area contributed by atoms with E-state index >= 15 is 0 Å². The van der Waals surface area contributed by atoms with E-state index in [1.54, 1.807) is 0 Å². The Kier molecular flexibility index (Phi) is 5.03. The van der Waals surface area contributed by atoms with Crippen molar-refractivity contribution >= 4 is 11.9 Å². The van der Waals surface area contributed by atoms with E-state index in [-0.39, 0.29) is 5.91 Å². The van der Waals surface area contributed by atoms with Crippen molar-refractivity contribution < 1.29 is 14.3 Å². The molecule has 0 bridgehead atoms. The molecule has 0 aliphatic carbocycles. The van der Waals surface area contributed by atoms with Crippen LogP contribution < -0.4 is 15.4 Å². The Hall–Kier alpha value is -2.82. The first kappa shape index (κ1) is 17.0. The second-order valence-electron chi connectivity index (χ2n) is 6.10. The van der Waals surface area contributed by atoms with Crippen molar-refractivity contribution in [3.05, 3.63) is 65.7 Å². The van der Waals surface area contributed by atoms with Gasteiger partial charge in [0.15, 0.2) is 5.54 Å². The normalized spacial score (nSPS) is 19.4. The van der Waals surface area contributed by atoms with Crippen LogP contribution in [0.25, 0.3) is 0 Å². The molecule has 0 saturated carbocycles. The standard InChI is InChI=1S/C20H22N2O3/c1-2-3-7-14-25-17-12-10-16(11-13-17)20(15-8-5-4-6-9-15)18(23)21-19(24)22-20/h4-6,8-13H,2-3,7,14H2,1H3,(H2,21,22,23,24)/t20-/m0/s1. The third-order valence-electron chi connectivity index (χ3n) is 4.38. The fourth-order valence-corrected chi connectivity index (χ4v) is 3.06. The third kappa shape index (κ3) is 3.36. The predicted octanol–water partition coefficient (Wildman–Crippen LogP) is 3.34. The minimum atomic E-state index is -1.21. The lowest BCUT2D eigenvalue weighted by atomic mass is 9.83. The molecule has 1 aliphatic heterocycles. The first-order valence-corrected chi connectivity index (χ1v) is 8.59. The van der Waals surface area contributed by atoms with Crippen molar-refractivity contribution in [3.8, 4) is 5.75 Å². The topological polar surface area (TPSA) is 67.4 Å². The van der Waals surface area contributed by atoms with E-state index < -0.39 is 11.6 Å². The van der Waals surface area contributed by atoms with Crippen molar-refractivity contribution in [2.75, 3.05) is 6.61 Å². The van der Waals surface area contributed by atoms with Crippen LogP contribution >= 0.6 is 0 Å². The van der Waals surface area contributed by atoms with Gasteiger partial charge in [0.2, 0.25) is 0 Å². The summed E-state index contributed by atoms with van der Waals surface area (Å²) in [5.41, 5.74) is 0.206. The number of carbonyl (C=O) groups is 2. The Labute approximate surface area is 147 Å². The molecule has 2 N–H and O–H groups in total. The first-order valence-electron chi connectivity index (χ1n) is 8.59. The summed E-state index contributed by atoms with van der Waals surface area (Å²) >= 11 is 0. The molecule has 0 aromatic heterocycles. The van der Waals surface area contributed by atoms with Gasteiger partial charge in [0.25, 0.3) is 5.91 Å². The van der Waals surface area contributed by atoms with Crippen molar-refractivity contribution in [2.45, 2.75) is 31.7 Å². The van der Waals surface area contributed by atoms with Crippen molar-refractivity contribution in [2.24, 2.45) is 0 Å². The maximum Gasteiger partial charge on any atom is 0.322 e. The largest absolute Gasteiger partial charge is 0.494 e. The molecule has 1 aliphatic rings. The Morgan fingerprint density at radius 2 is 1.60 bits per heavy atom. The molecule has 3 rings (SSSR count). The van der Waals surface area contributed by atoms with Crippen LogP contribution in [0.2, 0.25) is 0 Å². The average molecular weight is 338 g/mol. The molecule has 5 nitrogen and oxygen atoms in total. The highest BCUT2D eigenvalue weighted by Gasteiger charge is 2.49. The number of ether oxygens (including phenoxy) is 1. The Morgan fingerprint density at radius 1 is 0.920 bits per heavy atom. The number of imide groups is 1. The second-order valence-corrected chi connectivity index (χ2v) is 6.10. The van der Waals surface area contributed by atoms with E-state index in [4.69, 9.17) is 4.74 Å². The zero-order chi connectivity index (χ0) is 17.7. The van der Waals surface area contributed by atoms with Crippen LogP contribution in [0.3, 0.4) is 0 Å². The zero-order valence-corrected chi connectivity index (χ0v) is 14.2. The molecule has 1 atom stereocenters. The monoisotopic (exact) mass is 338 g/mol. The van der Waals surface area contributed by atoms with Gasteiger partial charge >= 0.3 is 6.03 Å². The molecule has 0 radical (unpaired) electrons. The summed E-state index contributed by atoms with van der Waals surface area (Å²) in [7, 11) is 0. The number of amides is 3. The lowest BCUT2D eigenvalue weighted by Gasteiger charge is -2.27. The Balaban J connectivity index is 1.88. The maximum atomic E-state index is 12.6. The number of urea groups is 1. The first-order chi connectivity index (χ1) is 12.2. The van der Waals surface area contributed by atoms with Crippen LogP contribution in [0.5, 0.6) is 5.75 Å². The molecule has 0 unspecified atom stereocenters. The van der Waals surface area contributed by atoms with E-state index in [9.17, 15) is 9.59 Å². The Morgan fingerprint density at radius 3 is 2.20 bits per heavy atom. The molecular formula is C20H22N2O3. The number of carbonyl (C=O) groups excluding carboxylic acids is 2. The van der Waals surface area contributed by atoms with Gasteiger partial charge < -0.3 is 10.1 Å². The molecular weight excluding hydrogens is 316 g/mol. The molecule has 2 aromatic rings. The van der Waals surface area contributed by atoms with Crippen LogP contribution in [0.4, 0.5) is 4.79 Å². The van der Waals surface area contributed by atoms with Gasteiger partial charge in [-0.3, -0.25) is 10.1 Å². The zero-order valence-electron chi connectivity index (χ0n) is 14.2. The van der Waals surface area contributed by atoms with Crippen molar-refractivity contribution in [1.82, 2.24) is 10.6 Å². The molecule has 1 fully saturated rings. The van der Waals surface area contributed by atoms with E-state index in [2.05, 4.69) is 17.6 Å². The summed E-state index contributed by atoms with van der Waals surface area (Å²) in [6.45, 7) is 2.83.